The van der Waals surface area contributed by atoms with Crippen LogP contribution >= 0.6 is 0 Å². The first-order valence-electron chi connectivity index (χ1n) is 9.21. The molecule has 1 aliphatic heterocycles. The zero-order valence-electron chi connectivity index (χ0n) is 15.5. The van der Waals surface area contributed by atoms with Crippen LogP contribution in [0.1, 0.15) is 36.8 Å². The van der Waals surface area contributed by atoms with Gasteiger partial charge in [-0.3, -0.25) is 5.10 Å². The van der Waals surface area contributed by atoms with Gasteiger partial charge in [0.1, 0.15) is 5.82 Å². The average Bonchev–Trinajstić information content (AvgIpc) is 3.26. The van der Waals surface area contributed by atoms with Gasteiger partial charge in [0.25, 0.3) is 0 Å². The molecule has 7 nitrogen and oxygen atoms in total. The Kier molecular flexibility index (Phi) is 4.96. The summed E-state index contributed by atoms with van der Waals surface area (Å²) in [7, 11) is -2.32. The van der Waals surface area contributed by atoms with E-state index in [0.29, 0.717) is 31.2 Å². The Hall–Kier alpha value is -1.91. The lowest BCUT2D eigenvalue weighted by atomic mass is 9.62. The molecular weight excluding hydrogens is 390 g/mol. The van der Waals surface area contributed by atoms with Crippen molar-refractivity contribution >= 4 is 10.0 Å². The van der Waals surface area contributed by atoms with Gasteiger partial charge < -0.3 is 4.74 Å². The highest BCUT2D eigenvalue weighted by atomic mass is 32.2. The Bertz CT molecular complexity index is 975. The molecule has 0 radical (unpaired) electrons. The molecule has 1 aliphatic carbocycles. The van der Waals surface area contributed by atoms with Crippen LogP contribution in [0, 0.1) is 17.0 Å². The number of aromatic amines is 1. The first-order valence-corrected chi connectivity index (χ1v) is 10.6. The molecule has 2 aliphatic rings. The van der Waals surface area contributed by atoms with Crippen LogP contribution in [-0.2, 0) is 21.2 Å². The molecule has 1 aromatic heterocycles. The molecule has 28 heavy (non-hydrogen) atoms. The van der Waals surface area contributed by atoms with Gasteiger partial charge in [-0.1, -0.05) is 6.42 Å². The number of hydrogen-bond donors (Lipinski definition) is 1. The summed E-state index contributed by atoms with van der Waals surface area (Å²) in [5.41, 5.74) is -0.202. The Labute approximate surface area is 162 Å². The molecule has 1 N–H and O–H groups in total. The molecule has 1 atom stereocenters. The van der Waals surface area contributed by atoms with Gasteiger partial charge in [-0.05, 0) is 36.5 Å². The van der Waals surface area contributed by atoms with E-state index in [1.165, 1.54) is 4.31 Å². The second-order valence-corrected chi connectivity index (χ2v) is 9.46. The first-order chi connectivity index (χ1) is 13.4. The summed E-state index contributed by atoms with van der Waals surface area (Å²) in [6.07, 6.45) is 3.41. The summed E-state index contributed by atoms with van der Waals surface area (Å²) in [6, 6.07) is 2.68. The fourth-order valence-electron chi connectivity index (χ4n) is 4.16. The van der Waals surface area contributed by atoms with E-state index in [4.69, 9.17) is 4.74 Å². The van der Waals surface area contributed by atoms with E-state index < -0.39 is 21.7 Å². The van der Waals surface area contributed by atoms with Crippen molar-refractivity contribution in [2.45, 2.75) is 36.5 Å². The largest absolute Gasteiger partial charge is 0.384 e. The average molecular weight is 412 g/mol. The number of hydrogen-bond acceptors (Lipinski definition) is 5. The molecular formula is C18H22F2N4O3S. The van der Waals surface area contributed by atoms with Crippen LogP contribution in [0.5, 0.6) is 0 Å². The van der Waals surface area contributed by atoms with Gasteiger partial charge in [0.2, 0.25) is 10.0 Å². The van der Waals surface area contributed by atoms with Crippen molar-refractivity contribution in [3.8, 4) is 0 Å². The lowest BCUT2D eigenvalue weighted by Gasteiger charge is -2.41. The van der Waals surface area contributed by atoms with Gasteiger partial charge in [-0.15, -0.1) is 0 Å². The van der Waals surface area contributed by atoms with Crippen LogP contribution in [0.4, 0.5) is 8.78 Å². The number of sulfonamides is 1. The number of benzene rings is 1. The lowest BCUT2D eigenvalue weighted by molar-refractivity contribution is 0.127. The molecule has 10 heteroatoms. The van der Waals surface area contributed by atoms with Gasteiger partial charge in [0.15, 0.2) is 17.5 Å². The number of nitrogens with one attached hydrogen (secondary N) is 1. The predicted octanol–water partition coefficient (Wildman–Crippen LogP) is 2.23. The molecule has 1 aromatic carbocycles. The molecule has 2 fully saturated rings. The summed E-state index contributed by atoms with van der Waals surface area (Å²) in [5.74, 6) is -1.07. The standard InChI is InChI=1S/C18H22F2N4O3S/c1-27-8-5-16-21-17(23-22-16)13-10-24(11-18(13)6-2-7-18)28(25,26)12-3-4-14(19)15(20)9-12/h3-4,9,13H,2,5-8,10-11H2,1H3,(H,21,22,23). The highest BCUT2D eigenvalue weighted by Gasteiger charge is 2.55. The smallest absolute Gasteiger partial charge is 0.243 e. The van der Waals surface area contributed by atoms with Gasteiger partial charge in [0, 0.05) is 32.5 Å². The second-order valence-electron chi connectivity index (χ2n) is 7.53. The molecule has 1 saturated carbocycles. The van der Waals surface area contributed by atoms with E-state index in [1.54, 1.807) is 7.11 Å². The third-order valence-electron chi connectivity index (χ3n) is 5.90. The number of nitrogens with zero attached hydrogens (tertiary/aromatic N) is 3. The summed E-state index contributed by atoms with van der Waals surface area (Å²) in [4.78, 5) is 4.31. The number of aromatic nitrogens is 3. The Morgan fingerprint density at radius 3 is 2.75 bits per heavy atom. The molecule has 1 spiro atoms. The predicted molar refractivity (Wildman–Crippen MR) is 96.1 cm³/mol. The second kappa shape index (κ2) is 7.16. The topological polar surface area (TPSA) is 88.2 Å². The summed E-state index contributed by atoms with van der Waals surface area (Å²) in [5, 5.41) is 7.22. The van der Waals surface area contributed by atoms with Gasteiger partial charge in [-0.25, -0.2) is 22.2 Å². The van der Waals surface area contributed by atoms with Crippen LogP contribution in [0.2, 0.25) is 0 Å². The third-order valence-corrected chi connectivity index (χ3v) is 7.71. The van der Waals surface area contributed by atoms with Crippen molar-refractivity contribution in [2.75, 3.05) is 26.8 Å². The number of ether oxygens (including phenoxy) is 1. The number of H-pyrrole nitrogens is 1. The van der Waals surface area contributed by atoms with Crippen molar-refractivity contribution in [3.05, 3.63) is 41.5 Å². The van der Waals surface area contributed by atoms with E-state index in [0.717, 1.165) is 37.5 Å². The van der Waals surface area contributed by atoms with E-state index in [2.05, 4.69) is 15.2 Å². The lowest BCUT2D eigenvalue weighted by Crippen LogP contribution is -2.38. The molecule has 0 bridgehead atoms. The van der Waals surface area contributed by atoms with Gasteiger partial charge in [0.05, 0.1) is 11.5 Å². The van der Waals surface area contributed by atoms with Crippen molar-refractivity contribution in [1.82, 2.24) is 19.5 Å². The van der Waals surface area contributed by atoms with Gasteiger partial charge >= 0.3 is 0 Å². The molecule has 0 amide bonds. The summed E-state index contributed by atoms with van der Waals surface area (Å²) < 4.78 is 59.2. The fourth-order valence-corrected chi connectivity index (χ4v) is 5.73. The minimum absolute atomic E-state index is 0.131. The molecule has 1 unspecified atom stereocenters. The van der Waals surface area contributed by atoms with Crippen LogP contribution in [0.15, 0.2) is 23.1 Å². The van der Waals surface area contributed by atoms with Crippen LogP contribution in [0.25, 0.3) is 0 Å². The van der Waals surface area contributed by atoms with E-state index >= 15 is 0 Å². The van der Waals surface area contributed by atoms with Crippen LogP contribution in [-0.4, -0.2) is 54.7 Å². The number of rotatable bonds is 6. The molecule has 2 heterocycles. The molecule has 1 saturated heterocycles. The molecule has 2 aromatic rings. The van der Waals surface area contributed by atoms with Crippen molar-refractivity contribution < 1.29 is 21.9 Å². The molecule has 4 rings (SSSR count). The van der Waals surface area contributed by atoms with Crippen molar-refractivity contribution in [3.63, 3.8) is 0 Å². The van der Waals surface area contributed by atoms with Crippen molar-refractivity contribution in [2.24, 2.45) is 5.41 Å². The van der Waals surface area contributed by atoms with E-state index in [1.807, 2.05) is 0 Å². The Balaban J connectivity index is 1.61. The van der Waals surface area contributed by atoms with Crippen LogP contribution < -0.4 is 0 Å². The zero-order chi connectivity index (χ0) is 19.9. The maximum absolute atomic E-state index is 13.6. The minimum Gasteiger partial charge on any atom is -0.384 e. The van der Waals surface area contributed by atoms with Gasteiger partial charge in [-0.2, -0.15) is 9.40 Å². The zero-order valence-corrected chi connectivity index (χ0v) is 16.3. The fraction of sp³-hybridized carbons (Fsp3) is 0.556. The SMILES string of the molecule is COCCc1nc(C2CN(S(=O)(=O)c3ccc(F)c(F)c3)CC23CCC3)n[nH]1. The van der Waals surface area contributed by atoms with Crippen LogP contribution in [0.3, 0.4) is 0 Å². The first kappa shape index (κ1) is 19.4. The quantitative estimate of drug-likeness (QED) is 0.786. The number of methoxy groups -OCH3 is 1. The highest BCUT2D eigenvalue weighted by Crippen LogP contribution is 2.56. The molecule has 152 valence electrons. The third kappa shape index (κ3) is 3.23. The summed E-state index contributed by atoms with van der Waals surface area (Å²) in [6.45, 7) is 1.07. The van der Waals surface area contributed by atoms with E-state index in [9.17, 15) is 17.2 Å². The Morgan fingerprint density at radius 1 is 1.32 bits per heavy atom. The highest BCUT2D eigenvalue weighted by molar-refractivity contribution is 7.89. The minimum atomic E-state index is -3.93. The van der Waals surface area contributed by atoms with E-state index in [-0.39, 0.29) is 22.8 Å². The maximum atomic E-state index is 13.6. The summed E-state index contributed by atoms with van der Waals surface area (Å²) >= 11 is 0. The van der Waals surface area contributed by atoms with Crippen molar-refractivity contribution in [1.29, 1.82) is 0 Å². The maximum Gasteiger partial charge on any atom is 0.243 e. The Morgan fingerprint density at radius 2 is 2.11 bits per heavy atom. The normalized spacial score (nSPS) is 21.9. The number of halogens is 2. The monoisotopic (exact) mass is 412 g/mol.